The Balaban J connectivity index is 2.74. The molecule has 1 N–H and O–H groups in total. The summed E-state index contributed by atoms with van der Waals surface area (Å²) < 4.78 is 11.1. The van der Waals surface area contributed by atoms with Crippen LogP contribution in [0.5, 0.6) is 5.75 Å². The van der Waals surface area contributed by atoms with E-state index in [2.05, 4.69) is 4.98 Å². The van der Waals surface area contributed by atoms with Crippen molar-refractivity contribution in [2.24, 2.45) is 0 Å². The second-order valence-corrected chi connectivity index (χ2v) is 3.76. The number of benzene rings is 1. The molecule has 0 spiro atoms. The van der Waals surface area contributed by atoms with Gasteiger partial charge in [-0.1, -0.05) is 6.07 Å². The maximum atomic E-state index is 12.2. The van der Waals surface area contributed by atoms with Crippen LogP contribution in [0.25, 0.3) is 10.9 Å². The summed E-state index contributed by atoms with van der Waals surface area (Å²) in [6.45, 7) is 0.502. The first-order valence-corrected chi connectivity index (χ1v) is 5.48. The molecule has 6 heteroatoms. The molecule has 0 bridgehead atoms. The van der Waals surface area contributed by atoms with Crippen LogP contribution in [-0.2, 0) is 11.3 Å². The van der Waals surface area contributed by atoms with E-state index in [1.165, 1.54) is 14.2 Å². The zero-order valence-electron chi connectivity index (χ0n) is 10.2. The third-order valence-corrected chi connectivity index (χ3v) is 2.71. The van der Waals surface area contributed by atoms with Crippen molar-refractivity contribution in [1.82, 2.24) is 9.55 Å². The summed E-state index contributed by atoms with van der Waals surface area (Å²) in [5.74, 6) is 0.444. The van der Waals surface area contributed by atoms with E-state index in [1.54, 1.807) is 18.2 Å². The molecule has 1 aromatic carbocycles. The molecule has 0 saturated carbocycles. The van der Waals surface area contributed by atoms with Gasteiger partial charge in [0, 0.05) is 7.11 Å². The standard InChI is InChI=1S/C12H14N2O4/c1-17-7-6-14-11(15)10-8(13-12(14)16)4-3-5-9(10)18-2/h3-5H,6-7H2,1-2H3,(H,13,16). The molecule has 0 fully saturated rings. The normalized spacial score (nSPS) is 10.8. The molecular weight excluding hydrogens is 236 g/mol. The van der Waals surface area contributed by atoms with E-state index in [-0.39, 0.29) is 12.1 Å². The Labute approximate surface area is 103 Å². The number of nitrogens with zero attached hydrogens (tertiary/aromatic N) is 1. The Hall–Kier alpha value is -2.08. The number of fused-ring (bicyclic) bond motifs is 1. The van der Waals surface area contributed by atoms with Gasteiger partial charge in [0.05, 0.1) is 25.8 Å². The van der Waals surface area contributed by atoms with E-state index in [1.807, 2.05) is 0 Å². The highest BCUT2D eigenvalue weighted by Gasteiger charge is 2.11. The molecule has 0 amide bonds. The van der Waals surface area contributed by atoms with Gasteiger partial charge >= 0.3 is 5.69 Å². The number of methoxy groups -OCH3 is 2. The molecule has 0 atom stereocenters. The first-order valence-electron chi connectivity index (χ1n) is 5.48. The summed E-state index contributed by atoms with van der Waals surface area (Å²) in [6.07, 6.45) is 0. The largest absolute Gasteiger partial charge is 0.496 e. The van der Waals surface area contributed by atoms with Crippen LogP contribution in [0.2, 0.25) is 0 Å². The molecule has 0 aliphatic rings. The lowest BCUT2D eigenvalue weighted by molar-refractivity contribution is 0.185. The Kier molecular flexibility index (Phi) is 3.47. The lowest BCUT2D eigenvalue weighted by Crippen LogP contribution is -2.36. The van der Waals surface area contributed by atoms with Crippen LogP contribution in [0, 0.1) is 0 Å². The third kappa shape index (κ3) is 2.02. The predicted octanol–water partition coefficient (Wildman–Crippen LogP) is 0.345. The van der Waals surface area contributed by atoms with Gasteiger partial charge in [0.25, 0.3) is 5.56 Å². The number of nitrogens with one attached hydrogen (secondary N) is 1. The van der Waals surface area contributed by atoms with Crippen molar-refractivity contribution < 1.29 is 9.47 Å². The van der Waals surface area contributed by atoms with E-state index in [0.717, 1.165) is 4.57 Å². The van der Waals surface area contributed by atoms with E-state index in [0.29, 0.717) is 23.3 Å². The molecule has 18 heavy (non-hydrogen) atoms. The van der Waals surface area contributed by atoms with Crippen LogP contribution in [0.4, 0.5) is 0 Å². The minimum atomic E-state index is -0.446. The third-order valence-electron chi connectivity index (χ3n) is 2.71. The Morgan fingerprint density at radius 1 is 1.28 bits per heavy atom. The molecule has 6 nitrogen and oxygen atoms in total. The summed E-state index contributed by atoms with van der Waals surface area (Å²) in [5, 5.41) is 0.371. The van der Waals surface area contributed by atoms with E-state index >= 15 is 0 Å². The van der Waals surface area contributed by atoms with Crippen LogP contribution >= 0.6 is 0 Å². The van der Waals surface area contributed by atoms with Crippen LogP contribution in [0.15, 0.2) is 27.8 Å². The van der Waals surface area contributed by atoms with Crippen molar-refractivity contribution in [3.63, 3.8) is 0 Å². The van der Waals surface area contributed by atoms with Gasteiger partial charge in [0.2, 0.25) is 0 Å². The van der Waals surface area contributed by atoms with Gasteiger partial charge in [0.15, 0.2) is 0 Å². The number of ether oxygens (including phenoxy) is 2. The monoisotopic (exact) mass is 250 g/mol. The number of hydrogen-bond donors (Lipinski definition) is 1. The fourth-order valence-corrected chi connectivity index (χ4v) is 1.82. The smallest absolute Gasteiger partial charge is 0.328 e. The average Bonchev–Trinajstić information content (AvgIpc) is 2.37. The summed E-state index contributed by atoms with van der Waals surface area (Å²) in [7, 11) is 3.00. The van der Waals surface area contributed by atoms with Crippen LogP contribution in [-0.4, -0.2) is 30.4 Å². The summed E-state index contributed by atoms with van der Waals surface area (Å²) in [6, 6.07) is 5.07. The highest BCUT2D eigenvalue weighted by molar-refractivity contribution is 5.83. The number of aromatic amines is 1. The van der Waals surface area contributed by atoms with Gasteiger partial charge in [-0.15, -0.1) is 0 Å². The van der Waals surface area contributed by atoms with Crippen molar-refractivity contribution in [2.45, 2.75) is 6.54 Å². The van der Waals surface area contributed by atoms with E-state index < -0.39 is 5.69 Å². The fraction of sp³-hybridized carbons (Fsp3) is 0.333. The number of H-pyrrole nitrogens is 1. The van der Waals surface area contributed by atoms with Crippen LogP contribution < -0.4 is 16.0 Å². The highest BCUT2D eigenvalue weighted by Crippen LogP contribution is 2.18. The van der Waals surface area contributed by atoms with Gasteiger partial charge in [-0.2, -0.15) is 0 Å². The Bertz CT molecular complexity index is 672. The maximum Gasteiger partial charge on any atom is 0.328 e. The van der Waals surface area contributed by atoms with Crippen molar-refractivity contribution in [2.75, 3.05) is 20.8 Å². The zero-order chi connectivity index (χ0) is 13.1. The first kappa shape index (κ1) is 12.4. The fourth-order valence-electron chi connectivity index (χ4n) is 1.82. The van der Waals surface area contributed by atoms with Gasteiger partial charge in [-0.25, -0.2) is 4.79 Å². The second-order valence-electron chi connectivity index (χ2n) is 3.76. The maximum absolute atomic E-state index is 12.2. The lowest BCUT2D eigenvalue weighted by Gasteiger charge is -2.08. The number of hydrogen-bond acceptors (Lipinski definition) is 4. The minimum absolute atomic E-state index is 0.207. The van der Waals surface area contributed by atoms with Crippen LogP contribution in [0.1, 0.15) is 0 Å². The molecule has 1 heterocycles. The molecule has 0 aliphatic carbocycles. The van der Waals surface area contributed by atoms with Crippen molar-refractivity contribution in [3.05, 3.63) is 39.0 Å². The molecule has 0 saturated heterocycles. The van der Waals surface area contributed by atoms with Crippen molar-refractivity contribution >= 4 is 10.9 Å². The Morgan fingerprint density at radius 2 is 2.06 bits per heavy atom. The molecule has 0 aliphatic heterocycles. The van der Waals surface area contributed by atoms with E-state index in [4.69, 9.17) is 9.47 Å². The second kappa shape index (κ2) is 5.05. The number of aromatic nitrogens is 2. The van der Waals surface area contributed by atoms with Crippen LogP contribution in [0.3, 0.4) is 0 Å². The summed E-state index contributed by atoms with van der Waals surface area (Å²) >= 11 is 0. The molecular formula is C12H14N2O4. The average molecular weight is 250 g/mol. The topological polar surface area (TPSA) is 73.3 Å². The highest BCUT2D eigenvalue weighted by atomic mass is 16.5. The first-order chi connectivity index (χ1) is 8.69. The molecule has 2 aromatic rings. The lowest BCUT2D eigenvalue weighted by atomic mass is 10.2. The quantitative estimate of drug-likeness (QED) is 0.849. The van der Waals surface area contributed by atoms with Crippen molar-refractivity contribution in [3.8, 4) is 5.75 Å². The van der Waals surface area contributed by atoms with Gasteiger partial charge in [-0.05, 0) is 12.1 Å². The summed E-state index contributed by atoms with van der Waals surface area (Å²) in [5.41, 5.74) is -0.348. The zero-order valence-corrected chi connectivity index (χ0v) is 10.2. The molecule has 96 valence electrons. The molecule has 2 rings (SSSR count). The van der Waals surface area contributed by atoms with E-state index in [9.17, 15) is 9.59 Å². The summed E-state index contributed by atoms with van der Waals surface area (Å²) in [4.78, 5) is 26.7. The van der Waals surface area contributed by atoms with Gasteiger partial charge < -0.3 is 14.5 Å². The van der Waals surface area contributed by atoms with Gasteiger partial charge in [-0.3, -0.25) is 9.36 Å². The SMILES string of the molecule is COCCn1c(=O)[nH]c2cccc(OC)c2c1=O. The molecule has 0 unspecified atom stereocenters. The van der Waals surface area contributed by atoms with Gasteiger partial charge in [0.1, 0.15) is 11.1 Å². The molecule has 1 aromatic heterocycles. The number of rotatable bonds is 4. The Morgan fingerprint density at radius 3 is 2.72 bits per heavy atom. The minimum Gasteiger partial charge on any atom is -0.496 e. The predicted molar refractivity (Wildman–Crippen MR) is 67.3 cm³/mol. The van der Waals surface area contributed by atoms with Crippen molar-refractivity contribution in [1.29, 1.82) is 0 Å². The molecule has 0 radical (unpaired) electrons.